The molecule has 106 valence electrons. The third-order valence-electron chi connectivity index (χ3n) is 2.66. The van der Waals surface area contributed by atoms with Crippen LogP contribution in [0.1, 0.15) is 17.5 Å². The fourth-order valence-electron chi connectivity index (χ4n) is 1.77. The molecular weight excluding hydrogens is 290 g/mol. The van der Waals surface area contributed by atoms with Gasteiger partial charge in [0.2, 0.25) is 0 Å². The molecule has 0 radical (unpaired) electrons. The molecule has 3 rings (SSSR count). The Morgan fingerprint density at radius 3 is 2.81 bits per heavy atom. The summed E-state index contributed by atoms with van der Waals surface area (Å²) in [6.07, 6.45) is 0. The predicted octanol–water partition coefficient (Wildman–Crippen LogP) is 1.96. The van der Waals surface area contributed by atoms with Crippen LogP contribution in [0, 0.1) is 0 Å². The molecule has 0 atom stereocenters. The number of rotatable bonds is 4. The Bertz CT molecular complexity index is 739. The van der Waals surface area contributed by atoms with Crippen molar-refractivity contribution in [2.75, 3.05) is 6.61 Å². The van der Waals surface area contributed by atoms with Gasteiger partial charge in [0.25, 0.3) is 5.82 Å². The van der Waals surface area contributed by atoms with Crippen LogP contribution in [0.3, 0.4) is 0 Å². The number of aromatic nitrogens is 5. The molecule has 21 heavy (non-hydrogen) atoms. The Hall–Kier alpha value is -2.61. The molecule has 0 spiro atoms. The fourth-order valence-corrected chi connectivity index (χ4v) is 2.21. The van der Waals surface area contributed by atoms with Gasteiger partial charge in [-0.3, -0.25) is 0 Å². The maximum atomic E-state index is 11.8. The summed E-state index contributed by atoms with van der Waals surface area (Å²) in [6, 6.07) is 9.39. The molecule has 0 aliphatic rings. The summed E-state index contributed by atoms with van der Waals surface area (Å²) in [5, 5.41) is 9.96. The van der Waals surface area contributed by atoms with Crippen molar-refractivity contribution in [2.24, 2.45) is 0 Å². The minimum Gasteiger partial charge on any atom is -0.460 e. The van der Waals surface area contributed by atoms with E-state index in [-0.39, 0.29) is 12.4 Å². The van der Waals surface area contributed by atoms with Gasteiger partial charge in [-0.2, -0.15) is 4.98 Å². The Morgan fingerprint density at radius 1 is 1.33 bits per heavy atom. The van der Waals surface area contributed by atoms with Crippen LogP contribution in [0.25, 0.3) is 17.2 Å². The largest absolute Gasteiger partial charge is 0.460 e. The zero-order valence-corrected chi connectivity index (χ0v) is 11.9. The molecule has 8 heteroatoms. The lowest BCUT2D eigenvalue weighted by Crippen LogP contribution is -2.07. The highest BCUT2D eigenvalue weighted by Crippen LogP contribution is 2.20. The van der Waals surface area contributed by atoms with Gasteiger partial charge in [0, 0.05) is 5.38 Å². The van der Waals surface area contributed by atoms with Crippen molar-refractivity contribution in [3.8, 4) is 17.2 Å². The molecular formula is C13H11N5O2S. The van der Waals surface area contributed by atoms with E-state index in [9.17, 15) is 4.79 Å². The average Bonchev–Trinajstić information content (AvgIpc) is 3.17. The van der Waals surface area contributed by atoms with Crippen molar-refractivity contribution in [1.29, 1.82) is 0 Å². The highest BCUT2D eigenvalue weighted by molar-refractivity contribution is 7.03. The second-order valence-electron chi connectivity index (χ2n) is 4.02. The molecule has 1 aromatic carbocycles. The van der Waals surface area contributed by atoms with E-state index in [1.807, 2.05) is 30.3 Å². The second-order valence-corrected chi connectivity index (χ2v) is 4.63. The van der Waals surface area contributed by atoms with E-state index in [1.54, 1.807) is 17.0 Å². The normalized spacial score (nSPS) is 10.5. The van der Waals surface area contributed by atoms with Gasteiger partial charge < -0.3 is 4.74 Å². The van der Waals surface area contributed by atoms with Gasteiger partial charge in [0.05, 0.1) is 12.3 Å². The molecule has 2 aromatic heterocycles. The van der Waals surface area contributed by atoms with Gasteiger partial charge >= 0.3 is 5.97 Å². The van der Waals surface area contributed by atoms with E-state index in [0.29, 0.717) is 11.5 Å². The maximum Gasteiger partial charge on any atom is 0.378 e. The highest BCUT2D eigenvalue weighted by Gasteiger charge is 2.20. The van der Waals surface area contributed by atoms with Crippen molar-refractivity contribution in [3.05, 3.63) is 41.5 Å². The molecule has 0 aliphatic heterocycles. The van der Waals surface area contributed by atoms with Crippen LogP contribution in [0.2, 0.25) is 0 Å². The zero-order chi connectivity index (χ0) is 14.7. The summed E-state index contributed by atoms with van der Waals surface area (Å²) in [4.78, 5) is 16.0. The summed E-state index contributed by atoms with van der Waals surface area (Å²) in [6.45, 7) is 2.00. The first kappa shape index (κ1) is 13.4. The van der Waals surface area contributed by atoms with Crippen LogP contribution in [0.4, 0.5) is 0 Å². The first-order valence-corrected chi connectivity index (χ1v) is 7.10. The van der Waals surface area contributed by atoms with E-state index in [1.165, 1.54) is 11.5 Å². The van der Waals surface area contributed by atoms with Gasteiger partial charge in [-0.15, -0.1) is 10.2 Å². The Kier molecular flexibility index (Phi) is 3.69. The summed E-state index contributed by atoms with van der Waals surface area (Å²) in [5.74, 6) is -0.0988. The molecule has 0 fully saturated rings. The molecule has 2 heterocycles. The number of benzene rings is 1. The Labute approximate surface area is 124 Å². The lowest BCUT2D eigenvalue weighted by molar-refractivity contribution is 0.0512. The first-order chi connectivity index (χ1) is 10.3. The van der Waals surface area contributed by atoms with Crippen LogP contribution in [-0.2, 0) is 4.74 Å². The molecule has 0 N–H and O–H groups in total. The second kappa shape index (κ2) is 5.80. The number of carbonyl (C=O) groups excluding carboxylic acids is 1. The molecule has 3 aromatic rings. The van der Waals surface area contributed by atoms with Crippen LogP contribution >= 0.6 is 11.5 Å². The van der Waals surface area contributed by atoms with E-state index in [2.05, 4.69) is 19.7 Å². The molecule has 0 bridgehead atoms. The molecule has 0 amide bonds. The van der Waals surface area contributed by atoms with E-state index in [4.69, 9.17) is 4.74 Å². The zero-order valence-electron chi connectivity index (χ0n) is 11.1. The summed E-state index contributed by atoms with van der Waals surface area (Å²) < 4.78 is 10.3. The number of hydrogen-bond donors (Lipinski definition) is 0. The van der Waals surface area contributed by atoms with E-state index < -0.39 is 5.97 Å². The summed E-state index contributed by atoms with van der Waals surface area (Å²) in [5.41, 5.74) is 1.34. The Morgan fingerprint density at radius 2 is 2.14 bits per heavy atom. The van der Waals surface area contributed by atoms with E-state index in [0.717, 1.165) is 5.69 Å². The average molecular weight is 301 g/mol. The van der Waals surface area contributed by atoms with Gasteiger partial charge in [0.1, 0.15) is 5.69 Å². The lowest BCUT2D eigenvalue weighted by atomic mass is 10.3. The topological polar surface area (TPSA) is 82.8 Å². The first-order valence-electron chi connectivity index (χ1n) is 6.26. The summed E-state index contributed by atoms with van der Waals surface area (Å²) in [7, 11) is 0. The SMILES string of the molecule is CCOC(=O)c1nc(-c2csnn2)n(-c2ccccc2)n1. The van der Waals surface area contributed by atoms with Gasteiger partial charge in [-0.1, -0.05) is 22.7 Å². The molecule has 0 saturated carbocycles. The van der Waals surface area contributed by atoms with E-state index >= 15 is 0 Å². The van der Waals surface area contributed by atoms with Crippen molar-refractivity contribution in [1.82, 2.24) is 24.4 Å². The fraction of sp³-hybridized carbons (Fsp3) is 0.154. The number of carbonyl (C=O) groups is 1. The maximum absolute atomic E-state index is 11.8. The number of ether oxygens (including phenoxy) is 1. The van der Waals surface area contributed by atoms with Crippen LogP contribution < -0.4 is 0 Å². The van der Waals surface area contributed by atoms with Crippen LogP contribution in [-0.4, -0.2) is 36.9 Å². The lowest BCUT2D eigenvalue weighted by Gasteiger charge is -2.02. The number of hydrogen-bond acceptors (Lipinski definition) is 7. The summed E-state index contributed by atoms with van der Waals surface area (Å²) >= 11 is 1.21. The quantitative estimate of drug-likeness (QED) is 0.685. The van der Waals surface area contributed by atoms with Crippen LogP contribution in [0.5, 0.6) is 0 Å². The molecule has 0 aliphatic carbocycles. The van der Waals surface area contributed by atoms with Gasteiger partial charge in [-0.05, 0) is 30.6 Å². The van der Waals surface area contributed by atoms with Crippen molar-refractivity contribution < 1.29 is 9.53 Å². The molecule has 7 nitrogen and oxygen atoms in total. The number of esters is 1. The highest BCUT2D eigenvalue weighted by atomic mass is 32.1. The minimum atomic E-state index is -0.559. The van der Waals surface area contributed by atoms with Crippen molar-refractivity contribution in [2.45, 2.75) is 6.92 Å². The Balaban J connectivity index is 2.11. The van der Waals surface area contributed by atoms with Crippen molar-refractivity contribution in [3.63, 3.8) is 0 Å². The monoisotopic (exact) mass is 301 g/mol. The van der Waals surface area contributed by atoms with Gasteiger partial charge in [0.15, 0.2) is 5.82 Å². The predicted molar refractivity (Wildman–Crippen MR) is 76.2 cm³/mol. The number of nitrogens with zero attached hydrogens (tertiary/aromatic N) is 5. The van der Waals surface area contributed by atoms with Gasteiger partial charge in [-0.25, -0.2) is 9.48 Å². The molecule has 0 saturated heterocycles. The van der Waals surface area contributed by atoms with Crippen molar-refractivity contribution >= 4 is 17.5 Å². The minimum absolute atomic E-state index is 0.00343. The van der Waals surface area contributed by atoms with Crippen LogP contribution in [0.15, 0.2) is 35.7 Å². The third-order valence-corrected chi connectivity index (χ3v) is 3.16. The standard InChI is InChI=1S/C13H11N5O2S/c1-2-20-13(19)11-14-12(10-8-21-17-15-10)18(16-11)9-6-4-3-5-7-9/h3-8H,2H2,1H3. The molecule has 0 unspecified atom stereocenters. The smallest absolute Gasteiger partial charge is 0.378 e. The third kappa shape index (κ3) is 2.65. The number of para-hydroxylation sites is 1.